The van der Waals surface area contributed by atoms with Crippen molar-refractivity contribution in [2.24, 2.45) is 0 Å². The van der Waals surface area contributed by atoms with E-state index in [2.05, 4.69) is 5.32 Å². The van der Waals surface area contributed by atoms with Gasteiger partial charge in [-0.05, 0) is 43.7 Å². The molecule has 1 N–H and O–H groups in total. The molecule has 0 aliphatic heterocycles. The van der Waals surface area contributed by atoms with Gasteiger partial charge in [-0.2, -0.15) is 0 Å². The fourth-order valence-corrected chi connectivity index (χ4v) is 2.15. The molecule has 25 heavy (non-hydrogen) atoms. The smallest absolute Gasteiger partial charge is 0.309 e. The lowest BCUT2D eigenvalue weighted by Gasteiger charge is -2.08. The molecule has 2 aromatic rings. The van der Waals surface area contributed by atoms with Crippen LogP contribution in [0.25, 0.3) is 0 Å². The average Bonchev–Trinajstić information content (AvgIpc) is 2.58. The highest BCUT2D eigenvalue weighted by Gasteiger charge is 2.09. The van der Waals surface area contributed by atoms with Gasteiger partial charge in [0.05, 0.1) is 13.0 Å². The lowest BCUT2D eigenvalue weighted by atomic mass is 10.2. The maximum Gasteiger partial charge on any atom is 0.309 e. The quantitative estimate of drug-likeness (QED) is 0.759. The Balaban J connectivity index is 1.67. The molecule has 0 spiro atoms. The lowest BCUT2D eigenvalue weighted by Crippen LogP contribution is -2.21. The van der Waals surface area contributed by atoms with Crippen molar-refractivity contribution in [3.63, 3.8) is 0 Å². The Kier molecular flexibility index (Phi) is 6.83. The van der Waals surface area contributed by atoms with E-state index in [1.165, 1.54) is 0 Å². The van der Waals surface area contributed by atoms with Crippen LogP contribution < -0.4 is 10.1 Å². The first kappa shape index (κ1) is 18.8. The summed E-state index contributed by atoms with van der Waals surface area (Å²) in [5.74, 6) is -0.232. The van der Waals surface area contributed by atoms with Crippen molar-refractivity contribution in [2.45, 2.75) is 20.3 Å². The van der Waals surface area contributed by atoms with Gasteiger partial charge in [0, 0.05) is 10.7 Å². The monoisotopic (exact) mass is 361 g/mol. The number of nitrogens with one attached hydrogen (secondary N) is 1. The fraction of sp³-hybridized carbons (Fsp3) is 0.263. The zero-order chi connectivity index (χ0) is 18.2. The van der Waals surface area contributed by atoms with Crippen LogP contribution in [0, 0.1) is 13.8 Å². The Hall–Kier alpha value is -2.53. The highest BCUT2D eigenvalue weighted by atomic mass is 35.5. The summed E-state index contributed by atoms with van der Waals surface area (Å²) < 4.78 is 10.4. The average molecular weight is 362 g/mol. The SMILES string of the molecule is Cc1ccc(OCCC(=O)OCC(=O)Nc2ccc(C)c(Cl)c2)cc1. The second kappa shape index (κ2) is 9.08. The van der Waals surface area contributed by atoms with E-state index in [-0.39, 0.29) is 19.6 Å². The van der Waals surface area contributed by atoms with Crippen LogP contribution in [0.5, 0.6) is 5.75 Å². The van der Waals surface area contributed by atoms with Crippen molar-refractivity contribution in [3.8, 4) is 5.75 Å². The third-order valence-corrected chi connectivity index (χ3v) is 3.82. The van der Waals surface area contributed by atoms with E-state index in [0.29, 0.717) is 16.5 Å². The topological polar surface area (TPSA) is 64.6 Å². The molecule has 0 atom stereocenters. The van der Waals surface area contributed by atoms with Gasteiger partial charge in [0.15, 0.2) is 6.61 Å². The molecule has 2 aromatic carbocycles. The molecule has 6 heteroatoms. The number of anilines is 1. The molecule has 5 nitrogen and oxygen atoms in total. The first-order valence-corrected chi connectivity index (χ1v) is 8.23. The van der Waals surface area contributed by atoms with Crippen LogP contribution in [0.15, 0.2) is 42.5 Å². The van der Waals surface area contributed by atoms with Crippen LogP contribution in [0.3, 0.4) is 0 Å². The molecule has 0 unspecified atom stereocenters. The molecular weight excluding hydrogens is 342 g/mol. The minimum atomic E-state index is -0.496. The van der Waals surface area contributed by atoms with Crippen molar-refractivity contribution in [1.82, 2.24) is 0 Å². The summed E-state index contributed by atoms with van der Waals surface area (Å²) in [6.45, 7) is 3.69. The Labute approximate surface area is 151 Å². The third kappa shape index (κ3) is 6.47. The number of benzene rings is 2. The van der Waals surface area contributed by atoms with Gasteiger partial charge in [-0.3, -0.25) is 9.59 Å². The molecular formula is C19H20ClNO4. The number of esters is 1. The molecule has 0 fully saturated rings. The van der Waals surface area contributed by atoms with Gasteiger partial charge in [0.1, 0.15) is 5.75 Å². The zero-order valence-electron chi connectivity index (χ0n) is 14.2. The van der Waals surface area contributed by atoms with Crippen LogP contribution in [0.4, 0.5) is 5.69 Å². The summed E-state index contributed by atoms with van der Waals surface area (Å²) in [4.78, 5) is 23.4. The van der Waals surface area contributed by atoms with Crippen molar-refractivity contribution >= 4 is 29.2 Å². The van der Waals surface area contributed by atoms with Crippen LogP contribution in [-0.2, 0) is 14.3 Å². The summed E-state index contributed by atoms with van der Waals surface area (Å²) in [5, 5.41) is 3.18. The molecule has 0 aromatic heterocycles. The van der Waals surface area contributed by atoms with Crippen LogP contribution >= 0.6 is 11.6 Å². The van der Waals surface area contributed by atoms with Gasteiger partial charge in [-0.1, -0.05) is 35.4 Å². The minimum Gasteiger partial charge on any atom is -0.493 e. The second-order valence-corrected chi connectivity index (χ2v) is 5.99. The summed E-state index contributed by atoms with van der Waals surface area (Å²) in [6, 6.07) is 12.7. The predicted molar refractivity (Wildman–Crippen MR) is 97.1 cm³/mol. The van der Waals surface area contributed by atoms with E-state index >= 15 is 0 Å². The number of aryl methyl sites for hydroxylation is 2. The van der Waals surface area contributed by atoms with Crippen LogP contribution in [0.1, 0.15) is 17.5 Å². The van der Waals surface area contributed by atoms with E-state index in [0.717, 1.165) is 11.1 Å². The number of ether oxygens (including phenoxy) is 2. The maximum absolute atomic E-state index is 11.8. The van der Waals surface area contributed by atoms with Gasteiger partial charge in [-0.15, -0.1) is 0 Å². The first-order valence-electron chi connectivity index (χ1n) is 7.85. The molecule has 0 aliphatic carbocycles. The standard InChI is InChI=1S/C19H20ClNO4/c1-13-3-7-16(8-4-13)24-10-9-19(23)25-12-18(22)21-15-6-5-14(2)17(20)11-15/h3-8,11H,9-10,12H2,1-2H3,(H,21,22). The summed E-state index contributed by atoms with van der Waals surface area (Å²) in [7, 11) is 0. The number of rotatable bonds is 7. The summed E-state index contributed by atoms with van der Waals surface area (Å²) in [6.07, 6.45) is 0.0670. The van der Waals surface area contributed by atoms with Gasteiger partial charge in [-0.25, -0.2) is 0 Å². The van der Waals surface area contributed by atoms with E-state index in [4.69, 9.17) is 21.1 Å². The molecule has 0 aliphatic rings. The second-order valence-electron chi connectivity index (χ2n) is 5.58. The number of hydrogen-bond acceptors (Lipinski definition) is 4. The van der Waals surface area contributed by atoms with Crippen LogP contribution in [-0.4, -0.2) is 25.1 Å². The number of halogens is 1. The normalized spacial score (nSPS) is 10.2. The summed E-state index contributed by atoms with van der Waals surface area (Å²) in [5.41, 5.74) is 2.60. The number of carbonyl (C=O) groups is 2. The van der Waals surface area contributed by atoms with Crippen LogP contribution in [0.2, 0.25) is 5.02 Å². The van der Waals surface area contributed by atoms with Crippen molar-refractivity contribution in [1.29, 1.82) is 0 Å². The zero-order valence-corrected chi connectivity index (χ0v) is 14.9. The van der Waals surface area contributed by atoms with Crippen molar-refractivity contribution < 1.29 is 19.1 Å². The van der Waals surface area contributed by atoms with Gasteiger partial charge in [0.2, 0.25) is 0 Å². The maximum atomic E-state index is 11.8. The molecule has 0 saturated heterocycles. The molecule has 132 valence electrons. The predicted octanol–water partition coefficient (Wildman–Crippen LogP) is 3.91. The van der Waals surface area contributed by atoms with Crippen molar-refractivity contribution in [2.75, 3.05) is 18.5 Å². The fourth-order valence-electron chi connectivity index (χ4n) is 1.97. The highest BCUT2D eigenvalue weighted by Crippen LogP contribution is 2.19. The lowest BCUT2D eigenvalue weighted by molar-refractivity contribution is -0.147. The van der Waals surface area contributed by atoms with Crippen molar-refractivity contribution in [3.05, 3.63) is 58.6 Å². The molecule has 2 rings (SSSR count). The Morgan fingerprint density at radius 2 is 1.80 bits per heavy atom. The number of carbonyl (C=O) groups excluding carboxylic acids is 2. The first-order chi connectivity index (χ1) is 11.9. The minimum absolute atomic E-state index is 0.0670. The van der Waals surface area contributed by atoms with Gasteiger partial charge >= 0.3 is 5.97 Å². The van der Waals surface area contributed by atoms with E-state index in [1.807, 2.05) is 38.1 Å². The Bertz CT molecular complexity index is 744. The Morgan fingerprint density at radius 1 is 1.08 bits per heavy atom. The number of amides is 1. The third-order valence-electron chi connectivity index (χ3n) is 3.42. The van der Waals surface area contributed by atoms with E-state index in [1.54, 1.807) is 18.2 Å². The Morgan fingerprint density at radius 3 is 2.48 bits per heavy atom. The van der Waals surface area contributed by atoms with Gasteiger partial charge < -0.3 is 14.8 Å². The largest absolute Gasteiger partial charge is 0.493 e. The molecule has 0 bridgehead atoms. The molecule has 1 amide bonds. The van der Waals surface area contributed by atoms with Gasteiger partial charge in [0.25, 0.3) is 5.91 Å². The highest BCUT2D eigenvalue weighted by molar-refractivity contribution is 6.31. The van der Waals surface area contributed by atoms with E-state index < -0.39 is 11.9 Å². The molecule has 0 radical (unpaired) electrons. The molecule has 0 heterocycles. The summed E-state index contributed by atoms with van der Waals surface area (Å²) >= 11 is 5.99. The molecule has 0 saturated carbocycles. The number of hydrogen-bond donors (Lipinski definition) is 1. The van der Waals surface area contributed by atoms with E-state index in [9.17, 15) is 9.59 Å².